The highest BCUT2D eigenvalue weighted by Gasteiger charge is 2.21. The highest BCUT2D eigenvalue weighted by Crippen LogP contribution is 2.18. The Balaban J connectivity index is 1.80. The molecule has 0 radical (unpaired) electrons. The van der Waals surface area contributed by atoms with E-state index in [1.54, 1.807) is 0 Å². The highest BCUT2D eigenvalue weighted by atomic mass is 16.5. The van der Waals surface area contributed by atoms with E-state index in [2.05, 4.69) is 42.4 Å². The van der Waals surface area contributed by atoms with Crippen LogP contribution in [-0.2, 0) is 11.3 Å². The molecule has 2 unspecified atom stereocenters. The largest absolute Gasteiger partial charge is 0.494 e. The second-order valence-electron chi connectivity index (χ2n) is 7.03. The van der Waals surface area contributed by atoms with Gasteiger partial charge in [0.2, 0.25) is 0 Å². The number of ether oxygens (including phenoxy) is 2. The summed E-state index contributed by atoms with van der Waals surface area (Å²) in [6.45, 7) is 14.5. The summed E-state index contributed by atoms with van der Waals surface area (Å²) >= 11 is 0. The molecule has 0 aromatic heterocycles. The van der Waals surface area contributed by atoms with Crippen LogP contribution < -0.4 is 15.4 Å². The maximum Gasteiger partial charge on any atom is 0.191 e. The van der Waals surface area contributed by atoms with Crippen LogP contribution in [0, 0.1) is 0 Å². The topological polar surface area (TPSA) is 58.1 Å². The molecule has 1 heterocycles. The lowest BCUT2D eigenvalue weighted by atomic mass is 10.2. The number of rotatable bonds is 9. The number of nitrogens with zero attached hydrogens (tertiary/aromatic N) is 2. The number of nitrogens with one attached hydrogen (secondary N) is 2. The standard InChI is InChI=1S/C21H36N4O2/c1-5-22-21(24-14-19-10-7-8-11-20(19)26-6-2)23-12-9-13-25-15-17(3)27-18(4)16-25/h7-8,10-11,17-18H,5-6,9,12-16H2,1-4H3,(H2,22,23,24). The third-order valence-corrected chi connectivity index (χ3v) is 4.46. The van der Waals surface area contributed by atoms with Crippen LogP contribution in [0.25, 0.3) is 0 Å². The summed E-state index contributed by atoms with van der Waals surface area (Å²) in [5.41, 5.74) is 1.10. The fourth-order valence-corrected chi connectivity index (χ4v) is 3.41. The predicted molar refractivity (Wildman–Crippen MR) is 111 cm³/mol. The molecule has 1 aliphatic heterocycles. The molecule has 2 atom stereocenters. The first-order valence-electron chi connectivity index (χ1n) is 10.2. The molecule has 1 aliphatic rings. The lowest BCUT2D eigenvalue weighted by Crippen LogP contribution is -2.46. The molecule has 152 valence electrons. The molecule has 27 heavy (non-hydrogen) atoms. The molecule has 1 aromatic rings. The summed E-state index contributed by atoms with van der Waals surface area (Å²) in [6, 6.07) is 8.09. The van der Waals surface area contributed by atoms with E-state index in [-0.39, 0.29) is 0 Å². The molecule has 2 rings (SSSR count). The summed E-state index contributed by atoms with van der Waals surface area (Å²) in [4.78, 5) is 7.20. The third-order valence-electron chi connectivity index (χ3n) is 4.46. The van der Waals surface area contributed by atoms with E-state index < -0.39 is 0 Å². The van der Waals surface area contributed by atoms with E-state index in [4.69, 9.17) is 14.5 Å². The smallest absolute Gasteiger partial charge is 0.191 e. The van der Waals surface area contributed by atoms with Gasteiger partial charge in [-0.15, -0.1) is 0 Å². The van der Waals surface area contributed by atoms with Crippen molar-refractivity contribution in [2.75, 3.05) is 39.3 Å². The Hall–Kier alpha value is -1.79. The van der Waals surface area contributed by atoms with Crippen LogP contribution in [0.5, 0.6) is 5.75 Å². The predicted octanol–water partition coefficient (Wildman–Crippen LogP) is 2.64. The molecule has 1 fully saturated rings. The van der Waals surface area contributed by atoms with E-state index in [1.807, 2.05) is 25.1 Å². The van der Waals surface area contributed by atoms with E-state index in [0.717, 1.165) is 56.4 Å². The Kier molecular flexibility index (Phi) is 9.42. The van der Waals surface area contributed by atoms with Crippen LogP contribution in [0.4, 0.5) is 0 Å². The molecule has 1 aromatic carbocycles. The lowest BCUT2D eigenvalue weighted by Gasteiger charge is -2.35. The number of morpholine rings is 1. The molecular weight excluding hydrogens is 340 g/mol. The zero-order valence-corrected chi connectivity index (χ0v) is 17.3. The van der Waals surface area contributed by atoms with Crippen molar-refractivity contribution in [3.8, 4) is 5.75 Å². The van der Waals surface area contributed by atoms with Gasteiger partial charge in [-0.3, -0.25) is 4.90 Å². The number of guanidine groups is 1. The van der Waals surface area contributed by atoms with E-state index in [1.165, 1.54) is 0 Å². The van der Waals surface area contributed by atoms with Gasteiger partial charge < -0.3 is 20.1 Å². The third kappa shape index (κ3) is 7.77. The monoisotopic (exact) mass is 376 g/mol. The van der Waals surface area contributed by atoms with Crippen molar-refractivity contribution >= 4 is 5.96 Å². The normalized spacial score (nSPS) is 21.1. The van der Waals surface area contributed by atoms with Gasteiger partial charge in [-0.25, -0.2) is 4.99 Å². The fraction of sp³-hybridized carbons (Fsp3) is 0.667. The minimum atomic E-state index is 0.325. The maximum absolute atomic E-state index is 5.80. The summed E-state index contributed by atoms with van der Waals surface area (Å²) in [5.74, 6) is 1.77. The minimum absolute atomic E-state index is 0.325. The first kappa shape index (κ1) is 21.5. The van der Waals surface area contributed by atoms with Gasteiger partial charge in [0, 0.05) is 38.3 Å². The number of para-hydroxylation sites is 1. The van der Waals surface area contributed by atoms with Gasteiger partial charge in [0.25, 0.3) is 0 Å². The first-order valence-corrected chi connectivity index (χ1v) is 10.2. The summed E-state index contributed by atoms with van der Waals surface area (Å²) in [5, 5.41) is 6.77. The van der Waals surface area contributed by atoms with Gasteiger partial charge in [0.15, 0.2) is 5.96 Å². The van der Waals surface area contributed by atoms with Crippen molar-refractivity contribution in [3.63, 3.8) is 0 Å². The van der Waals surface area contributed by atoms with Gasteiger partial charge >= 0.3 is 0 Å². The maximum atomic E-state index is 5.80. The van der Waals surface area contributed by atoms with Gasteiger partial charge in [-0.05, 0) is 40.2 Å². The molecule has 1 saturated heterocycles. The van der Waals surface area contributed by atoms with Crippen LogP contribution in [0.3, 0.4) is 0 Å². The quantitative estimate of drug-likeness (QED) is 0.394. The molecule has 0 aliphatic carbocycles. The Morgan fingerprint density at radius 3 is 2.63 bits per heavy atom. The zero-order valence-electron chi connectivity index (χ0n) is 17.3. The fourth-order valence-electron chi connectivity index (χ4n) is 3.41. The minimum Gasteiger partial charge on any atom is -0.494 e. The van der Waals surface area contributed by atoms with Crippen LogP contribution in [0.1, 0.15) is 39.7 Å². The van der Waals surface area contributed by atoms with Crippen molar-refractivity contribution < 1.29 is 9.47 Å². The average molecular weight is 377 g/mol. The van der Waals surface area contributed by atoms with Gasteiger partial charge in [-0.2, -0.15) is 0 Å². The van der Waals surface area contributed by atoms with Gasteiger partial charge in [-0.1, -0.05) is 18.2 Å². The van der Waals surface area contributed by atoms with Crippen molar-refractivity contribution in [2.45, 2.75) is 52.9 Å². The highest BCUT2D eigenvalue weighted by molar-refractivity contribution is 5.79. The van der Waals surface area contributed by atoms with E-state index in [0.29, 0.717) is 25.4 Å². The molecular formula is C21H36N4O2. The Bertz CT molecular complexity index is 569. The molecule has 6 nitrogen and oxygen atoms in total. The molecule has 6 heteroatoms. The van der Waals surface area contributed by atoms with Crippen LogP contribution in [-0.4, -0.2) is 62.4 Å². The molecule has 0 spiro atoms. The van der Waals surface area contributed by atoms with Crippen LogP contribution in [0.15, 0.2) is 29.3 Å². The SMILES string of the molecule is CCNC(=NCc1ccccc1OCC)NCCCN1CC(C)OC(C)C1. The van der Waals surface area contributed by atoms with Gasteiger partial charge in [0.05, 0.1) is 25.4 Å². The first-order chi connectivity index (χ1) is 13.1. The Labute approximate surface area is 164 Å². The number of hydrogen-bond donors (Lipinski definition) is 2. The zero-order chi connectivity index (χ0) is 19.5. The number of benzene rings is 1. The Morgan fingerprint density at radius 1 is 1.19 bits per heavy atom. The average Bonchev–Trinajstić information content (AvgIpc) is 2.63. The Morgan fingerprint density at radius 2 is 1.93 bits per heavy atom. The summed E-state index contributed by atoms with van der Waals surface area (Å²) in [7, 11) is 0. The van der Waals surface area contributed by atoms with E-state index in [9.17, 15) is 0 Å². The van der Waals surface area contributed by atoms with Crippen molar-refractivity contribution in [1.82, 2.24) is 15.5 Å². The molecule has 2 N–H and O–H groups in total. The van der Waals surface area contributed by atoms with Crippen molar-refractivity contribution in [3.05, 3.63) is 29.8 Å². The molecule has 0 saturated carbocycles. The number of hydrogen-bond acceptors (Lipinski definition) is 4. The molecule has 0 bridgehead atoms. The van der Waals surface area contributed by atoms with Crippen molar-refractivity contribution in [2.24, 2.45) is 4.99 Å². The number of aliphatic imine (C=N–C) groups is 1. The second kappa shape index (κ2) is 11.8. The van der Waals surface area contributed by atoms with Gasteiger partial charge in [0.1, 0.15) is 5.75 Å². The molecule has 0 amide bonds. The van der Waals surface area contributed by atoms with Crippen LogP contribution in [0.2, 0.25) is 0 Å². The van der Waals surface area contributed by atoms with E-state index >= 15 is 0 Å². The van der Waals surface area contributed by atoms with Crippen LogP contribution >= 0.6 is 0 Å². The van der Waals surface area contributed by atoms with Crippen molar-refractivity contribution in [1.29, 1.82) is 0 Å². The second-order valence-corrected chi connectivity index (χ2v) is 7.03. The summed E-state index contributed by atoms with van der Waals surface area (Å²) < 4.78 is 11.5. The lowest BCUT2D eigenvalue weighted by molar-refractivity contribution is -0.0679. The summed E-state index contributed by atoms with van der Waals surface area (Å²) in [6.07, 6.45) is 1.73.